The Labute approximate surface area is 100 Å². The van der Waals surface area contributed by atoms with E-state index in [1.807, 2.05) is 0 Å². The van der Waals surface area contributed by atoms with Gasteiger partial charge in [0, 0.05) is 6.04 Å². The van der Waals surface area contributed by atoms with E-state index in [2.05, 4.69) is 58.1 Å². The van der Waals surface area contributed by atoms with Gasteiger partial charge in [0.2, 0.25) is 0 Å². The van der Waals surface area contributed by atoms with E-state index in [0.29, 0.717) is 12.0 Å². The highest BCUT2D eigenvalue weighted by atomic mass is 14.9. The highest BCUT2D eigenvalue weighted by molar-refractivity contribution is 5.28. The maximum absolute atomic E-state index is 3.49. The van der Waals surface area contributed by atoms with Crippen LogP contribution in [0.5, 0.6) is 0 Å². The monoisotopic (exact) mass is 219 g/mol. The Morgan fingerprint density at radius 3 is 2.06 bits per heavy atom. The van der Waals surface area contributed by atoms with Gasteiger partial charge in [0.05, 0.1) is 0 Å². The first-order valence-electron chi connectivity index (χ1n) is 6.28. The fourth-order valence-corrected chi connectivity index (χ4v) is 2.10. The van der Waals surface area contributed by atoms with Gasteiger partial charge in [-0.15, -0.1) is 0 Å². The topological polar surface area (TPSA) is 12.0 Å². The van der Waals surface area contributed by atoms with Crippen LogP contribution in [0.3, 0.4) is 0 Å². The summed E-state index contributed by atoms with van der Waals surface area (Å²) in [6.07, 6.45) is 1.17. The summed E-state index contributed by atoms with van der Waals surface area (Å²) >= 11 is 0. The summed E-state index contributed by atoms with van der Waals surface area (Å²) in [6.45, 7) is 12.2. The largest absolute Gasteiger partial charge is 0.314 e. The zero-order valence-electron chi connectivity index (χ0n) is 11.3. The summed E-state index contributed by atoms with van der Waals surface area (Å²) < 4.78 is 0. The molecule has 1 unspecified atom stereocenters. The molecule has 0 bridgehead atoms. The van der Waals surface area contributed by atoms with Crippen LogP contribution in [0, 0.1) is 19.8 Å². The third-order valence-corrected chi connectivity index (χ3v) is 2.74. The third kappa shape index (κ3) is 4.80. The van der Waals surface area contributed by atoms with E-state index in [4.69, 9.17) is 0 Å². The summed E-state index contributed by atoms with van der Waals surface area (Å²) in [6, 6.07) is 7.43. The number of aryl methyl sites for hydroxylation is 2. The Balaban J connectivity index is 2.52. The van der Waals surface area contributed by atoms with Crippen molar-refractivity contribution in [3.05, 3.63) is 34.9 Å². The first-order chi connectivity index (χ1) is 7.47. The van der Waals surface area contributed by atoms with E-state index < -0.39 is 0 Å². The molecule has 0 spiro atoms. The molecule has 90 valence electrons. The molecule has 16 heavy (non-hydrogen) atoms. The smallest absolute Gasteiger partial charge is 0.00104 e. The van der Waals surface area contributed by atoms with Crippen molar-refractivity contribution in [3.63, 3.8) is 0 Å². The zero-order chi connectivity index (χ0) is 12.1. The predicted octanol–water partition coefficient (Wildman–Crippen LogP) is 3.48. The van der Waals surface area contributed by atoms with Crippen LogP contribution in [0.2, 0.25) is 0 Å². The van der Waals surface area contributed by atoms with Crippen LogP contribution in [0.1, 0.15) is 37.5 Å². The first-order valence-corrected chi connectivity index (χ1v) is 6.28. The third-order valence-electron chi connectivity index (χ3n) is 2.74. The lowest BCUT2D eigenvalue weighted by Gasteiger charge is -2.15. The molecule has 1 N–H and O–H groups in total. The molecule has 0 fully saturated rings. The second-order valence-electron chi connectivity index (χ2n) is 5.37. The fraction of sp³-hybridized carbons (Fsp3) is 0.600. The van der Waals surface area contributed by atoms with Gasteiger partial charge in [0.15, 0.2) is 0 Å². The maximum atomic E-state index is 3.49. The number of hydrogen-bond acceptors (Lipinski definition) is 1. The van der Waals surface area contributed by atoms with Crippen LogP contribution >= 0.6 is 0 Å². The molecule has 0 saturated carbocycles. The summed E-state index contributed by atoms with van der Waals surface area (Å²) in [5.41, 5.74) is 4.22. The Kier molecular flexibility index (Phi) is 5.01. The second kappa shape index (κ2) is 6.05. The highest BCUT2D eigenvalue weighted by Crippen LogP contribution is 2.13. The maximum Gasteiger partial charge on any atom is 0.00104 e. The van der Waals surface area contributed by atoms with E-state index in [-0.39, 0.29) is 0 Å². The van der Waals surface area contributed by atoms with Gasteiger partial charge in [-0.3, -0.25) is 0 Å². The molecule has 0 aliphatic carbocycles. The van der Waals surface area contributed by atoms with Gasteiger partial charge in [-0.25, -0.2) is 0 Å². The molecule has 0 aliphatic rings. The Morgan fingerprint density at radius 1 is 1.00 bits per heavy atom. The molecule has 1 atom stereocenters. The average molecular weight is 219 g/mol. The van der Waals surface area contributed by atoms with Crippen LogP contribution in [-0.2, 0) is 6.42 Å². The van der Waals surface area contributed by atoms with E-state index in [0.717, 1.165) is 6.54 Å². The molecular formula is C15H25N. The van der Waals surface area contributed by atoms with Crippen LogP contribution in [0.15, 0.2) is 18.2 Å². The zero-order valence-corrected chi connectivity index (χ0v) is 11.3. The van der Waals surface area contributed by atoms with Gasteiger partial charge >= 0.3 is 0 Å². The lowest BCUT2D eigenvalue weighted by Crippen LogP contribution is -2.28. The molecule has 0 heterocycles. The molecular weight excluding hydrogens is 194 g/mol. The van der Waals surface area contributed by atoms with E-state index in [1.165, 1.54) is 23.1 Å². The second-order valence-corrected chi connectivity index (χ2v) is 5.37. The molecule has 0 saturated heterocycles. The summed E-state index contributed by atoms with van der Waals surface area (Å²) in [5.74, 6) is 0.698. The first kappa shape index (κ1) is 13.2. The van der Waals surface area contributed by atoms with Crippen molar-refractivity contribution in [1.29, 1.82) is 0 Å². The quantitative estimate of drug-likeness (QED) is 0.799. The molecule has 0 aromatic heterocycles. The van der Waals surface area contributed by atoms with Crippen molar-refractivity contribution in [3.8, 4) is 0 Å². The minimum atomic E-state index is 0.585. The summed E-state index contributed by atoms with van der Waals surface area (Å²) in [7, 11) is 0. The van der Waals surface area contributed by atoms with Crippen molar-refractivity contribution in [2.75, 3.05) is 6.54 Å². The average Bonchev–Trinajstić information content (AvgIpc) is 2.12. The van der Waals surface area contributed by atoms with Gasteiger partial charge in [0.1, 0.15) is 0 Å². The number of benzene rings is 1. The Morgan fingerprint density at radius 2 is 1.56 bits per heavy atom. The normalized spacial score (nSPS) is 13.1. The number of rotatable bonds is 5. The van der Waals surface area contributed by atoms with Crippen LogP contribution in [-0.4, -0.2) is 12.6 Å². The Hall–Kier alpha value is -0.820. The number of hydrogen-bond donors (Lipinski definition) is 1. The number of nitrogens with one attached hydrogen (secondary N) is 1. The van der Waals surface area contributed by atoms with Crippen molar-refractivity contribution < 1.29 is 0 Å². The Bertz CT molecular complexity index is 308. The van der Waals surface area contributed by atoms with Gasteiger partial charge in [-0.05, 0) is 38.3 Å². The predicted molar refractivity (Wildman–Crippen MR) is 71.9 cm³/mol. The lowest BCUT2D eigenvalue weighted by molar-refractivity contribution is 0.476. The standard InChI is InChI=1S/C15H25N/c1-11(2)16-10-14(5)9-15-7-12(3)6-13(4)8-15/h6-8,11,14,16H,9-10H2,1-5H3. The minimum absolute atomic E-state index is 0.585. The minimum Gasteiger partial charge on any atom is -0.314 e. The highest BCUT2D eigenvalue weighted by Gasteiger charge is 2.05. The van der Waals surface area contributed by atoms with Crippen molar-refractivity contribution >= 4 is 0 Å². The van der Waals surface area contributed by atoms with Gasteiger partial charge < -0.3 is 5.32 Å². The molecule has 1 heteroatoms. The van der Waals surface area contributed by atoms with Gasteiger partial charge in [0.25, 0.3) is 0 Å². The molecule has 0 amide bonds. The van der Waals surface area contributed by atoms with E-state index >= 15 is 0 Å². The van der Waals surface area contributed by atoms with Gasteiger partial charge in [-0.2, -0.15) is 0 Å². The molecule has 0 radical (unpaired) electrons. The molecule has 0 aliphatic heterocycles. The van der Waals surface area contributed by atoms with Gasteiger partial charge in [-0.1, -0.05) is 50.1 Å². The molecule has 1 aromatic carbocycles. The van der Waals surface area contributed by atoms with Crippen molar-refractivity contribution in [2.45, 2.75) is 47.1 Å². The SMILES string of the molecule is Cc1cc(C)cc(CC(C)CNC(C)C)c1. The van der Waals surface area contributed by atoms with Crippen molar-refractivity contribution in [2.24, 2.45) is 5.92 Å². The molecule has 1 rings (SSSR count). The van der Waals surface area contributed by atoms with Crippen LogP contribution < -0.4 is 5.32 Å². The van der Waals surface area contributed by atoms with Crippen LogP contribution in [0.4, 0.5) is 0 Å². The van der Waals surface area contributed by atoms with Crippen molar-refractivity contribution in [1.82, 2.24) is 5.32 Å². The van der Waals surface area contributed by atoms with E-state index in [1.54, 1.807) is 0 Å². The molecule has 1 nitrogen and oxygen atoms in total. The summed E-state index contributed by atoms with van der Waals surface area (Å²) in [4.78, 5) is 0. The van der Waals surface area contributed by atoms with E-state index in [9.17, 15) is 0 Å². The fourth-order valence-electron chi connectivity index (χ4n) is 2.10. The summed E-state index contributed by atoms with van der Waals surface area (Å²) in [5, 5.41) is 3.49. The van der Waals surface area contributed by atoms with Crippen LogP contribution in [0.25, 0.3) is 0 Å². The molecule has 1 aromatic rings. The lowest BCUT2D eigenvalue weighted by atomic mass is 9.98.